The minimum absolute atomic E-state index is 0.00531. The van der Waals surface area contributed by atoms with Crippen molar-refractivity contribution in [3.63, 3.8) is 0 Å². The zero-order valence-corrected chi connectivity index (χ0v) is 15.8. The molecule has 0 saturated heterocycles. The van der Waals surface area contributed by atoms with Gasteiger partial charge in [0, 0.05) is 12.1 Å². The third-order valence-corrected chi connectivity index (χ3v) is 6.35. The van der Waals surface area contributed by atoms with E-state index in [1.165, 1.54) is 31.3 Å². The molecule has 0 radical (unpaired) electrons. The van der Waals surface area contributed by atoms with Crippen LogP contribution in [0.2, 0.25) is 5.02 Å². The predicted molar refractivity (Wildman–Crippen MR) is 97.4 cm³/mol. The zero-order chi connectivity index (χ0) is 18.8. The molecule has 0 fully saturated rings. The molecule has 0 bridgehead atoms. The van der Waals surface area contributed by atoms with Gasteiger partial charge in [0.1, 0.15) is 6.04 Å². The molecule has 0 unspecified atom stereocenters. The van der Waals surface area contributed by atoms with Gasteiger partial charge in [-0.05, 0) is 61.2 Å². The Hall–Kier alpha value is -1.89. The fraction of sp³-hybridized carbons (Fsp3) is 0.278. The number of nitrogens with zero attached hydrogens (tertiary/aromatic N) is 1. The van der Waals surface area contributed by atoms with E-state index in [0.29, 0.717) is 5.02 Å². The minimum Gasteiger partial charge on any atom is -0.480 e. The van der Waals surface area contributed by atoms with Gasteiger partial charge in [-0.25, -0.2) is 8.42 Å². The van der Waals surface area contributed by atoms with Gasteiger partial charge in [0.2, 0.25) is 10.0 Å². The molecule has 0 amide bonds. The van der Waals surface area contributed by atoms with Crippen molar-refractivity contribution in [2.75, 3.05) is 7.05 Å². The number of sulfonamides is 1. The van der Waals surface area contributed by atoms with Crippen LogP contribution in [0.25, 0.3) is 0 Å². The van der Waals surface area contributed by atoms with Crippen molar-refractivity contribution in [1.29, 1.82) is 0 Å². The van der Waals surface area contributed by atoms with Crippen molar-refractivity contribution in [2.24, 2.45) is 0 Å². The van der Waals surface area contributed by atoms with E-state index >= 15 is 0 Å². The zero-order valence-electron chi connectivity index (χ0n) is 14.2. The third kappa shape index (κ3) is 4.39. The normalized spacial score (nSPS) is 13.0. The van der Waals surface area contributed by atoms with E-state index in [1.807, 2.05) is 32.0 Å². The van der Waals surface area contributed by atoms with Crippen LogP contribution in [0.15, 0.2) is 47.4 Å². The highest BCUT2D eigenvalue weighted by molar-refractivity contribution is 7.89. The molecular weight excluding hydrogens is 362 g/mol. The highest BCUT2D eigenvalue weighted by Gasteiger charge is 2.33. The summed E-state index contributed by atoms with van der Waals surface area (Å²) < 4.78 is 26.3. The Morgan fingerprint density at radius 2 is 1.72 bits per heavy atom. The lowest BCUT2D eigenvalue weighted by Gasteiger charge is -2.24. The van der Waals surface area contributed by atoms with Crippen molar-refractivity contribution in [3.05, 3.63) is 64.2 Å². The van der Waals surface area contributed by atoms with Gasteiger partial charge in [-0.1, -0.05) is 29.8 Å². The summed E-state index contributed by atoms with van der Waals surface area (Å²) in [6.45, 7) is 3.90. The van der Waals surface area contributed by atoms with Crippen LogP contribution in [-0.4, -0.2) is 36.9 Å². The summed E-state index contributed by atoms with van der Waals surface area (Å²) in [5.41, 5.74) is 2.90. The van der Waals surface area contributed by atoms with Crippen LogP contribution < -0.4 is 0 Å². The Balaban J connectivity index is 2.33. The number of carbonyl (C=O) groups is 1. The molecule has 0 saturated carbocycles. The van der Waals surface area contributed by atoms with Gasteiger partial charge in [-0.3, -0.25) is 4.79 Å². The molecule has 2 aromatic rings. The Kier molecular flexibility index (Phi) is 5.87. The molecule has 5 nitrogen and oxygen atoms in total. The summed E-state index contributed by atoms with van der Waals surface area (Å²) in [5.74, 6) is -1.20. The third-order valence-electron chi connectivity index (χ3n) is 4.21. The number of aliphatic carboxylic acids is 1. The van der Waals surface area contributed by atoms with Gasteiger partial charge in [-0.15, -0.1) is 0 Å². The first-order chi connectivity index (χ1) is 11.6. The fourth-order valence-corrected chi connectivity index (χ4v) is 3.90. The van der Waals surface area contributed by atoms with E-state index < -0.39 is 22.0 Å². The monoisotopic (exact) mass is 381 g/mol. The summed E-state index contributed by atoms with van der Waals surface area (Å²) in [6, 6.07) is 10.0. The minimum atomic E-state index is -3.94. The number of carboxylic acid groups (broad SMARTS) is 1. The number of halogens is 1. The second-order valence-electron chi connectivity index (χ2n) is 5.95. The van der Waals surface area contributed by atoms with Gasteiger partial charge >= 0.3 is 5.97 Å². The second-order valence-corrected chi connectivity index (χ2v) is 8.39. The predicted octanol–water partition coefficient (Wildman–Crippen LogP) is 3.27. The largest absolute Gasteiger partial charge is 0.480 e. The maximum absolute atomic E-state index is 12.7. The maximum Gasteiger partial charge on any atom is 0.322 e. The first-order valence-corrected chi connectivity index (χ1v) is 9.47. The highest BCUT2D eigenvalue weighted by atomic mass is 35.5. The SMILES string of the molecule is Cc1ccc(C[C@@H](C(=O)O)N(C)S(=O)(=O)c2ccc(Cl)cc2)cc1C. The topological polar surface area (TPSA) is 74.7 Å². The lowest BCUT2D eigenvalue weighted by atomic mass is 10.0. The molecule has 2 aromatic carbocycles. The van der Waals surface area contributed by atoms with Crippen LogP contribution >= 0.6 is 11.6 Å². The summed E-state index contributed by atoms with van der Waals surface area (Å²) in [5, 5.41) is 9.96. The lowest BCUT2D eigenvalue weighted by molar-refractivity contribution is -0.141. The molecule has 0 heterocycles. The maximum atomic E-state index is 12.7. The molecule has 1 N–H and O–H groups in total. The summed E-state index contributed by atoms with van der Waals surface area (Å²) in [4.78, 5) is 11.7. The number of hydrogen-bond acceptors (Lipinski definition) is 3. The number of rotatable bonds is 6. The lowest BCUT2D eigenvalue weighted by Crippen LogP contribution is -2.43. The van der Waals surface area contributed by atoms with Gasteiger partial charge in [-0.2, -0.15) is 4.31 Å². The first-order valence-electron chi connectivity index (χ1n) is 7.65. The van der Waals surface area contributed by atoms with Crippen molar-refractivity contribution in [3.8, 4) is 0 Å². The van der Waals surface area contributed by atoms with Gasteiger partial charge in [0.15, 0.2) is 0 Å². The molecule has 1 atom stereocenters. The second kappa shape index (κ2) is 7.56. The van der Waals surface area contributed by atoms with Crippen molar-refractivity contribution >= 4 is 27.6 Å². The van der Waals surface area contributed by atoms with Gasteiger partial charge < -0.3 is 5.11 Å². The molecule has 7 heteroatoms. The van der Waals surface area contributed by atoms with Gasteiger partial charge in [0.25, 0.3) is 0 Å². The smallest absolute Gasteiger partial charge is 0.322 e. The van der Waals surface area contributed by atoms with Crippen LogP contribution in [0.5, 0.6) is 0 Å². The van der Waals surface area contributed by atoms with Crippen molar-refractivity contribution in [1.82, 2.24) is 4.31 Å². The molecule has 0 aliphatic carbocycles. The van der Waals surface area contributed by atoms with E-state index in [1.54, 1.807) is 0 Å². The Morgan fingerprint density at radius 1 is 1.12 bits per heavy atom. The summed E-state index contributed by atoms with van der Waals surface area (Å²) in [7, 11) is -2.66. The number of aryl methyl sites for hydroxylation is 2. The molecule has 0 aliphatic heterocycles. The van der Waals surface area contributed by atoms with Crippen LogP contribution in [-0.2, 0) is 21.2 Å². The average molecular weight is 382 g/mol. The Bertz CT molecular complexity index is 878. The number of likely N-dealkylation sites (N-methyl/N-ethyl adjacent to an activating group) is 1. The molecular formula is C18H20ClNO4S. The van der Waals surface area contributed by atoms with E-state index in [2.05, 4.69) is 0 Å². The average Bonchev–Trinajstić information content (AvgIpc) is 2.55. The first kappa shape index (κ1) is 19.4. The van der Waals surface area contributed by atoms with Crippen molar-refractivity contribution < 1.29 is 18.3 Å². The molecule has 0 spiro atoms. The molecule has 0 aliphatic rings. The van der Waals surface area contributed by atoms with E-state index in [4.69, 9.17) is 11.6 Å². The highest BCUT2D eigenvalue weighted by Crippen LogP contribution is 2.21. The standard InChI is InChI=1S/C18H20ClNO4S/c1-12-4-5-14(10-13(12)2)11-17(18(21)22)20(3)25(23,24)16-8-6-15(19)7-9-16/h4-10,17H,11H2,1-3H3,(H,21,22)/t17-/m0/s1. The Morgan fingerprint density at radius 3 is 2.24 bits per heavy atom. The Labute approximate surface area is 152 Å². The molecule has 0 aromatic heterocycles. The molecule has 25 heavy (non-hydrogen) atoms. The quantitative estimate of drug-likeness (QED) is 0.833. The van der Waals surface area contributed by atoms with E-state index in [-0.39, 0.29) is 11.3 Å². The summed E-state index contributed by atoms with van der Waals surface area (Å²) in [6.07, 6.45) is 0.0831. The number of hydrogen-bond donors (Lipinski definition) is 1. The summed E-state index contributed by atoms with van der Waals surface area (Å²) >= 11 is 5.79. The molecule has 2 rings (SSSR count). The molecule has 134 valence electrons. The van der Waals surface area contributed by atoms with Gasteiger partial charge in [0.05, 0.1) is 4.90 Å². The van der Waals surface area contributed by atoms with Crippen LogP contribution in [0.1, 0.15) is 16.7 Å². The number of benzene rings is 2. The van der Waals surface area contributed by atoms with Crippen LogP contribution in [0.4, 0.5) is 0 Å². The van der Waals surface area contributed by atoms with Crippen LogP contribution in [0, 0.1) is 13.8 Å². The van der Waals surface area contributed by atoms with E-state index in [0.717, 1.165) is 21.0 Å². The van der Waals surface area contributed by atoms with Crippen molar-refractivity contribution in [2.45, 2.75) is 31.2 Å². The fourth-order valence-electron chi connectivity index (χ4n) is 2.47. The van der Waals surface area contributed by atoms with E-state index in [9.17, 15) is 18.3 Å². The number of carboxylic acids is 1. The van der Waals surface area contributed by atoms with Crippen LogP contribution in [0.3, 0.4) is 0 Å².